The Morgan fingerprint density at radius 1 is 1.18 bits per heavy atom. The average Bonchev–Trinajstić information content (AvgIpc) is 3.31. The highest BCUT2D eigenvalue weighted by Crippen LogP contribution is 2.34. The number of hydrogen-bond acceptors (Lipinski definition) is 7. The maximum atomic E-state index is 14.6. The normalized spacial score (nSPS) is 21.3. The van der Waals surface area contributed by atoms with E-state index in [2.05, 4.69) is 15.2 Å². The molecule has 0 unspecified atom stereocenters. The van der Waals surface area contributed by atoms with Crippen LogP contribution in [0.4, 0.5) is 14.7 Å². The molecule has 9 nitrogen and oxygen atoms in total. The van der Waals surface area contributed by atoms with E-state index in [1.807, 2.05) is 22.9 Å². The van der Waals surface area contributed by atoms with E-state index < -0.39 is 19.0 Å². The highest BCUT2D eigenvalue weighted by Gasteiger charge is 2.40. The van der Waals surface area contributed by atoms with Gasteiger partial charge in [0.2, 0.25) is 5.91 Å². The highest BCUT2D eigenvalue weighted by atomic mass is 19.3. The van der Waals surface area contributed by atoms with Crippen molar-refractivity contribution in [2.24, 2.45) is 5.92 Å². The zero-order valence-corrected chi connectivity index (χ0v) is 18.0. The number of benzene rings is 1. The molecule has 6 rings (SSSR count). The second-order valence-electron chi connectivity index (χ2n) is 9.19. The van der Waals surface area contributed by atoms with Crippen molar-refractivity contribution in [3.05, 3.63) is 24.4 Å². The molecule has 1 aliphatic carbocycles. The number of nitrogens with zero attached hydrogens (tertiary/aromatic N) is 6. The van der Waals surface area contributed by atoms with E-state index in [1.165, 1.54) is 9.80 Å². The van der Waals surface area contributed by atoms with Crippen molar-refractivity contribution < 1.29 is 22.8 Å². The number of alkyl halides is 2. The Labute approximate surface area is 188 Å². The number of amides is 1. The smallest absolute Gasteiger partial charge is 0.282 e. The minimum Gasteiger partial charge on any atom is -0.377 e. The molecular formula is C22H24F2N6O3. The van der Waals surface area contributed by atoms with Crippen molar-refractivity contribution in [3.8, 4) is 11.5 Å². The van der Waals surface area contributed by atoms with Crippen LogP contribution in [0.5, 0.6) is 0 Å². The number of ether oxygens (including phenoxy) is 1. The van der Waals surface area contributed by atoms with Crippen molar-refractivity contribution in [1.29, 1.82) is 0 Å². The largest absolute Gasteiger partial charge is 0.377 e. The van der Waals surface area contributed by atoms with Gasteiger partial charge < -0.3 is 19.1 Å². The predicted octanol–water partition coefficient (Wildman–Crippen LogP) is 2.74. The maximum Gasteiger partial charge on any atom is 0.282 e. The fourth-order valence-electron chi connectivity index (χ4n) is 4.38. The molecular weight excluding hydrogens is 434 g/mol. The van der Waals surface area contributed by atoms with Crippen LogP contribution in [0.2, 0.25) is 0 Å². The van der Waals surface area contributed by atoms with Gasteiger partial charge in [-0.15, -0.1) is 0 Å². The van der Waals surface area contributed by atoms with Crippen molar-refractivity contribution in [2.75, 3.05) is 44.3 Å². The van der Waals surface area contributed by atoms with Crippen molar-refractivity contribution in [3.63, 3.8) is 0 Å². The lowest BCUT2D eigenvalue weighted by Gasteiger charge is -2.26. The number of hydrogen-bond donors (Lipinski definition) is 0. The molecule has 1 saturated carbocycles. The van der Waals surface area contributed by atoms with Crippen LogP contribution in [-0.2, 0) is 9.53 Å². The third-order valence-corrected chi connectivity index (χ3v) is 6.51. The fraction of sp³-hybridized carbons (Fsp3) is 0.545. The third-order valence-electron chi connectivity index (χ3n) is 6.51. The third kappa shape index (κ3) is 4.05. The lowest BCUT2D eigenvalue weighted by atomic mass is 10.1. The number of anilines is 1. The summed E-state index contributed by atoms with van der Waals surface area (Å²) in [6.45, 7) is 0.528. The summed E-state index contributed by atoms with van der Waals surface area (Å²) in [5, 5.41) is 9.39. The molecule has 2 saturated heterocycles. The van der Waals surface area contributed by atoms with Gasteiger partial charge in [-0.2, -0.15) is 10.1 Å². The van der Waals surface area contributed by atoms with E-state index in [0.29, 0.717) is 31.1 Å². The SMILES string of the molecule is O=C(CC1CC1)N1CCN(c2noc(-c3ccc4cnn(C5COC5)c4c3)n2)CC(F)(F)C1. The number of halogens is 2. The zero-order chi connectivity index (χ0) is 22.6. The molecule has 3 aromatic rings. The molecule has 3 aliphatic rings. The molecule has 11 heteroatoms. The Balaban J connectivity index is 1.22. The predicted molar refractivity (Wildman–Crippen MR) is 114 cm³/mol. The number of fused-ring (bicyclic) bond motifs is 1. The van der Waals surface area contributed by atoms with E-state index in [0.717, 1.165) is 23.7 Å². The lowest BCUT2D eigenvalue weighted by molar-refractivity contribution is -0.135. The summed E-state index contributed by atoms with van der Waals surface area (Å²) in [5.41, 5.74) is 1.61. The lowest BCUT2D eigenvalue weighted by Crippen LogP contribution is -2.42. The zero-order valence-electron chi connectivity index (χ0n) is 18.0. The summed E-state index contributed by atoms with van der Waals surface area (Å²) in [5.74, 6) is -2.56. The van der Waals surface area contributed by atoms with Crippen LogP contribution in [0.15, 0.2) is 28.9 Å². The molecule has 0 N–H and O–H groups in total. The molecule has 33 heavy (non-hydrogen) atoms. The molecule has 4 heterocycles. The Hall–Kier alpha value is -3.08. The summed E-state index contributed by atoms with van der Waals surface area (Å²) in [6.07, 6.45) is 4.17. The minimum atomic E-state index is -3.06. The molecule has 174 valence electrons. The van der Waals surface area contributed by atoms with E-state index in [9.17, 15) is 13.6 Å². The first-order chi connectivity index (χ1) is 15.9. The Kier molecular flexibility index (Phi) is 4.82. The fourth-order valence-corrected chi connectivity index (χ4v) is 4.38. The van der Waals surface area contributed by atoms with Gasteiger partial charge in [0.15, 0.2) is 0 Å². The standard InChI is InChI=1S/C22H24F2N6O3/c23-22(24)12-28(19(31)7-14-1-2-14)5-6-29(13-22)21-26-20(33-27-21)15-3-4-16-9-25-30(18(16)8-15)17-10-32-11-17/h3-4,8-9,14,17H,1-2,5-7,10-13H2. The number of rotatable bonds is 5. The minimum absolute atomic E-state index is 0.0992. The van der Waals surface area contributed by atoms with Gasteiger partial charge in [-0.05, 0) is 36.0 Å². The second-order valence-corrected chi connectivity index (χ2v) is 9.19. The van der Waals surface area contributed by atoms with Crippen LogP contribution < -0.4 is 4.90 Å². The highest BCUT2D eigenvalue weighted by molar-refractivity contribution is 5.83. The first-order valence-corrected chi connectivity index (χ1v) is 11.2. The molecule has 0 bridgehead atoms. The van der Waals surface area contributed by atoms with Gasteiger partial charge in [0.05, 0.1) is 44.1 Å². The monoisotopic (exact) mass is 458 g/mol. The number of aromatic nitrogens is 4. The number of carbonyl (C=O) groups excluding carboxylic acids is 1. The van der Waals surface area contributed by atoms with E-state index in [-0.39, 0.29) is 36.9 Å². The van der Waals surface area contributed by atoms with Crippen LogP contribution in [0.25, 0.3) is 22.4 Å². The molecule has 2 aromatic heterocycles. The van der Waals surface area contributed by atoms with Crippen molar-refractivity contribution in [2.45, 2.75) is 31.2 Å². The van der Waals surface area contributed by atoms with Crippen LogP contribution in [-0.4, -0.2) is 76.0 Å². The summed E-state index contributed by atoms with van der Waals surface area (Å²) in [4.78, 5) is 19.5. The summed E-state index contributed by atoms with van der Waals surface area (Å²) in [7, 11) is 0. The topological polar surface area (TPSA) is 89.5 Å². The van der Waals surface area contributed by atoms with Crippen LogP contribution in [0.1, 0.15) is 25.3 Å². The Morgan fingerprint density at radius 2 is 2.03 bits per heavy atom. The summed E-state index contributed by atoms with van der Waals surface area (Å²) >= 11 is 0. The van der Waals surface area contributed by atoms with Crippen LogP contribution in [0, 0.1) is 5.92 Å². The van der Waals surface area contributed by atoms with Gasteiger partial charge in [0, 0.05) is 30.5 Å². The molecule has 1 amide bonds. The summed E-state index contributed by atoms with van der Waals surface area (Å²) in [6, 6.07) is 5.87. The second kappa shape index (κ2) is 7.75. The molecule has 3 fully saturated rings. The van der Waals surface area contributed by atoms with E-state index in [1.54, 1.807) is 6.20 Å². The van der Waals surface area contributed by atoms with E-state index in [4.69, 9.17) is 9.26 Å². The number of carbonyl (C=O) groups is 1. The Morgan fingerprint density at radius 3 is 2.79 bits per heavy atom. The van der Waals surface area contributed by atoms with Crippen LogP contribution in [0.3, 0.4) is 0 Å². The first-order valence-electron chi connectivity index (χ1n) is 11.2. The van der Waals surface area contributed by atoms with Gasteiger partial charge >= 0.3 is 0 Å². The van der Waals surface area contributed by atoms with Gasteiger partial charge in [-0.1, -0.05) is 6.07 Å². The Bertz CT molecular complexity index is 1190. The molecule has 0 atom stereocenters. The van der Waals surface area contributed by atoms with Gasteiger partial charge in [0.25, 0.3) is 17.8 Å². The average molecular weight is 458 g/mol. The van der Waals surface area contributed by atoms with Gasteiger partial charge in [-0.25, -0.2) is 8.78 Å². The molecule has 0 spiro atoms. The van der Waals surface area contributed by atoms with E-state index >= 15 is 0 Å². The first kappa shape index (κ1) is 20.5. The maximum absolute atomic E-state index is 14.6. The van der Waals surface area contributed by atoms with Crippen LogP contribution >= 0.6 is 0 Å². The molecule has 0 radical (unpaired) electrons. The van der Waals surface area contributed by atoms with Gasteiger partial charge in [-0.3, -0.25) is 9.48 Å². The summed E-state index contributed by atoms with van der Waals surface area (Å²) < 4.78 is 41.9. The molecule has 2 aliphatic heterocycles. The quantitative estimate of drug-likeness (QED) is 0.581. The molecule has 1 aromatic carbocycles. The van der Waals surface area contributed by atoms with Crippen molar-refractivity contribution >= 4 is 22.8 Å². The van der Waals surface area contributed by atoms with Crippen molar-refractivity contribution in [1.82, 2.24) is 24.8 Å². The van der Waals surface area contributed by atoms with Gasteiger partial charge in [0.1, 0.15) is 0 Å².